The predicted molar refractivity (Wildman–Crippen MR) is 102 cm³/mol. The number of carbonyl (C=O) groups is 1. The molecule has 0 aromatic rings. The van der Waals surface area contributed by atoms with Gasteiger partial charge in [-0.25, -0.2) is 0 Å². The highest BCUT2D eigenvalue weighted by atomic mass is 127. The Morgan fingerprint density at radius 2 is 2.00 bits per heavy atom. The molecule has 1 amide bonds. The van der Waals surface area contributed by atoms with E-state index >= 15 is 0 Å². The molecule has 0 saturated carbocycles. The molecule has 126 valence electrons. The van der Waals surface area contributed by atoms with Crippen LogP contribution < -0.4 is 5.32 Å². The molecule has 0 radical (unpaired) electrons. The number of halogens is 2. The molecular formula is C14H24BrIN4O2. The minimum atomic E-state index is -0.217. The second-order valence-corrected chi connectivity index (χ2v) is 6.35. The standard InChI is InChI=1S/C14H23BrN4O2.HI/c1-11(15)10-17-14(16-2)19-7-5-18(6-8-19)13(20)12-4-3-9-21-12;/h12H,1,3-10H2,2H3,(H,16,17);1H. The minimum Gasteiger partial charge on any atom is -0.368 e. The lowest BCUT2D eigenvalue weighted by Gasteiger charge is -2.37. The molecule has 2 aliphatic rings. The third-order valence-corrected chi connectivity index (χ3v) is 4.03. The van der Waals surface area contributed by atoms with Gasteiger partial charge in [-0.05, 0) is 12.8 Å². The van der Waals surface area contributed by atoms with Crippen molar-refractivity contribution in [1.29, 1.82) is 0 Å². The summed E-state index contributed by atoms with van der Waals surface area (Å²) in [7, 11) is 1.77. The Kier molecular flexibility index (Phi) is 8.70. The Labute approximate surface area is 157 Å². The predicted octanol–water partition coefficient (Wildman–Crippen LogP) is 1.41. The lowest BCUT2D eigenvalue weighted by molar-refractivity contribution is -0.142. The zero-order valence-corrected chi connectivity index (χ0v) is 16.8. The molecule has 22 heavy (non-hydrogen) atoms. The Morgan fingerprint density at radius 1 is 1.36 bits per heavy atom. The van der Waals surface area contributed by atoms with E-state index in [0.717, 1.165) is 36.4 Å². The van der Waals surface area contributed by atoms with Crippen molar-refractivity contribution in [2.75, 3.05) is 46.4 Å². The van der Waals surface area contributed by atoms with Crippen molar-refractivity contribution < 1.29 is 9.53 Å². The fourth-order valence-corrected chi connectivity index (χ4v) is 2.76. The molecular weight excluding hydrogens is 463 g/mol. The lowest BCUT2D eigenvalue weighted by atomic mass is 10.2. The van der Waals surface area contributed by atoms with Crippen molar-refractivity contribution in [2.45, 2.75) is 18.9 Å². The SMILES string of the molecule is C=C(Br)CNC(=NC)N1CCN(C(=O)C2CCCO2)CC1.I. The van der Waals surface area contributed by atoms with Crippen LogP contribution in [-0.4, -0.2) is 74.1 Å². The van der Waals surface area contributed by atoms with Gasteiger partial charge in [-0.2, -0.15) is 0 Å². The first-order valence-electron chi connectivity index (χ1n) is 7.31. The maximum absolute atomic E-state index is 12.3. The van der Waals surface area contributed by atoms with Crippen molar-refractivity contribution in [3.05, 3.63) is 11.1 Å². The number of ether oxygens (including phenoxy) is 1. The first-order chi connectivity index (χ1) is 10.1. The van der Waals surface area contributed by atoms with Gasteiger partial charge in [0.1, 0.15) is 6.10 Å². The second kappa shape index (κ2) is 9.71. The number of nitrogens with one attached hydrogen (secondary N) is 1. The maximum Gasteiger partial charge on any atom is 0.251 e. The van der Waals surface area contributed by atoms with Gasteiger partial charge < -0.3 is 19.9 Å². The lowest BCUT2D eigenvalue weighted by Crippen LogP contribution is -2.55. The van der Waals surface area contributed by atoms with Crippen molar-refractivity contribution in [3.63, 3.8) is 0 Å². The van der Waals surface area contributed by atoms with E-state index in [1.165, 1.54) is 0 Å². The van der Waals surface area contributed by atoms with E-state index in [0.29, 0.717) is 26.2 Å². The number of carbonyl (C=O) groups excluding carboxylic acids is 1. The summed E-state index contributed by atoms with van der Waals surface area (Å²) >= 11 is 3.33. The largest absolute Gasteiger partial charge is 0.368 e. The Bertz CT molecular complexity index is 419. The number of nitrogens with zero attached hydrogens (tertiary/aromatic N) is 3. The number of rotatable bonds is 3. The average Bonchev–Trinajstić information content (AvgIpc) is 3.02. The summed E-state index contributed by atoms with van der Waals surface area (Å²) in [6.45, 7) is 8.16. The van der Waals surface area contributed by atoms with Crippen LogP contribution in [0.1, 0.15) is 12.8 Å². The molecule has 1 unspecified atom stereocenters. The summed E-state index contributed by atoms with van der Waals surface area (Å²) in [6, 6.07) is 0. The molecule has 0 spiro atoms. The molecule has 1 N–H and O–H groups in total. The Morgan fingerprint density at radius 3 is 2.50 bits per heavy atom. The van der Waals surface area contributed by atoms with E-state index in [2.05, 4.69) is 37.7 Å². The molecule has 2 aliphatic heterocycles. The highest BCUT2D eigenvalue weighted by Gasteiger charge is 2.30. The van der Waals surface area contributed by atoms with Crippen molar-refractivity contribution in [1.82, 2.24) is 15.1 Å². The third kappa shape index (κ3) is 5.38. The van der Waals surface area contributed by atoms with E-state index in [-0.39, 0.29) is 36.0 Å². The van der Waals surface area contributed by atoms with Gasteiger partial charge in [-0.3, -0.25) is 9.79 Å². The molecule has 2 fully saturated rings. The summed E-state index contributed by atoms with van der Waals surface area (Å²) in [5.74, 6) is 0.990. The molecule has 2 saturated heterocycles. The van der Waals surface area contributed by atoms with Crippen LogP contribution in [0.4, 0.5) is 0 Å². The Hall–Kier alpha value is -0.350. The first kappa shape index (κ1) is 19.7. The zero-order chi connectivity index (χ0) is 15.2. The molecule has 2 rings (SSSR count). The third-order valence-electron chi connectivity index (χ3n) is 3.75. The summed E-state index contributed by atoms with van der Waals surface area (Å²) in [5, 5.41) is 3.24. The maximum atomic E-state index is 12.3. The smallest absolute Gasteiger partial charge is 0.251 e. The fourth-order valence-electron chi connectivity index (χ4n) is 2.62. The number of guanidine groups is 1. The summed E-state index contributed by atoms with van der Waals surface area (Å²) in [5.41, 5.74) is 0. The van der Waals surface area contributed by atoms with Gasteiger partial charge >= 0.3 is 0 Å². The van der Waals surface area contributed by atoms with Crippen LogP contribution in [0.5, 0.6) is 0 Å². The van der Waals surface area contributed by atoms with Crippen LogP contribution in [0.2, 0.25) is 0 Å². The zero-order valence-electron chi connectivity index (χ0n) is 12.9. The molecule has 2 heterocycles. The summed E-state index contributed by atoms with van der Waals surface area (Å²) < 4.78 is 6.36. The van der Waals surface area contributed by atoms with Crippen LogP contribution in [0.15, 0.2) is 16.1 Å². The van der Waals surface area contributed by atoms with E-state index in [4.69, 9.17) is 4.74 Å². The summed E-state index contributed by atoms with van der Waals surface area (Å²) in [6.07, 6.45) is 1.63. The van der Waals surface area contributed by atoms with Gasteiger partial charge in [0.05, 0.1) is 0 Å². The van der Waals surface area contributed by atoms with Gasteiger partial charge in [0.15, 0.2) is 5.96 Å². The van der Waals surface area contributed by atoms with Crippen LogP contribution >= 0.6 is 39.9 Å². The fraction of sp³-hybridized carbons (Fsp3) is 0.714. The van der Waals surface area contributed by atoms with Crippen LogP contribution in [0.25, 0.3) is 0 Å². The van der Waals surface area contributed by atoms with E-state index in [9.17, 15) is 4.79 Å². The van der Waals surface area contributed by atoms with Gasteiger partial charge in [-0.15, -0.1) is 24.0 Å². The number of hydrogen-bond acceptors (Lipinski definition) is 3. The number of hydrogen-bond donors (Lipinski definition) is 1. The van der Waals surface area contributed by atoms with Crippen molar-refractivity contribution in [2.24, 2.45) is 4.99 Å². The van der Waals surface area contributed by atoms with Gasteiger partial charge in [0.2, 0.25) is 0 Å². The summed E-state index contributed by atoms with van der Waals surface area (Å²) in [4.78, 5) is 20.6. The molecule has 0 bridgehead atoms. The molecule has 8 heteroatoms. The van der Waals surface area contributed by atoms with E-state index in [1.807, 2.05) is 4.90 Å². The topological polar surface area (TPSA) is 57.2 Å². The number of piperazine rings is 1. The average molecular weight is 487 g/mol. The van der Waals surface area contributed by atoms with E-state index in [1.54, 1.807) is 7.05 Å². The highest BCUT2D eigenvalue weighted by molar-refractivity contribution is 14.0. The second-order valence-electron chi connectivity index (χ2n) is 5.23. The number of amides is 1. The molecule has 1 atom stereocenters. The first-order valence-corrected chi connectivity index (χ1v) is 8.10. The normalized spacial score (nSPS) is 22.3. The van der Waals surface area contributed by atoms with E-state index < -0.39 is 0 Å². The monoisotopic (exact) mass is 486 g/mol. The van der Waals surface area contributed by atoms with Crippen molar-refractivity contribution in [3.8, 4) is 0 Å². The molecule has 0 aromatic carbocycles. The van der Waals surface area contributed by atoms with Gasteiger partial charge in [0, 0.05) is 50.9 Å². The van der Waals surface area contributed by atoms with Crippen LogP contribution in [0.3, 0.4) is 0 Å². The molecule has 0 aromatic heterocycles. The van der Waals surface area contributed by atoms with Crippen LogP contribution in [-0.2, 0) is 9.53 Å². The van der Waals surface area contributed by atoms with Gasteiger partial charge in [-0.1, -0.05) is 22.5 Å². The molecule has 0 aliphatic carbocycles. The Balaban J connectivity index is 0.00000242. The number of aliphatic imine (C=N–C) groups is 1. The quantitative estimate of drug-likeness (QED) is 0.372. The van der Waals surface area contributed by atoms with Crippen LogP contribution in [0, 0.1) is 0 Å². The highest BCUT2D eigenvalue weighted by Crippen LogP contribution is 2.16. The van der Waals surface area contributed by atoms with Crippen molar-refractivity contribution >= 4 is 51.8 Å². The minimum absolute atomic E-state index is 0. The van der Waals surface area contributed by atoms with Gasteiger partial charge in [0.25, 0.3) is 5.91 Å². The molecule has 6 nitrogen and oxygen atoms in total.